The van der Waals surface area contributed by atoms with Crippen LogP contribution in [0.25, 0.3) is 0 Å². The van der Waals surface area contributed by atoms with Gasteiger partial charge in [0.2, 0.25) is 0 Å². The van der Waals surface area contributed by atoms with Crippen molar-refractivity contribution in [2.75, 3.05) is 6.61 Å². The lowest BCUT2D eigenvalue weighted by atomic mass is 9.83. The third-order valence-electron chi connectivity index (χ3n) is 2.97. The smallest absolute Gasteiger partial charge is 0.113 e. The van der Waals surface area contributed by atoms with Gasteiger partial charge in [0.25, 0.3) is 0 Å². The second-order valence-corrected chi connectivity index (χ2v) is 4.20. The van der Waals surface area contributed by atoms with Gasteiger partial charge in [0.1, 0.15) is 24.4 Å². The molecule has 0 amide bonds. The molecular weight excluding hydrogens is 224 g/mol. The molecule has 0 aromatic rings. The molecule has 1 rings (SSSR count). The molecule has 0 aromatic heterocycles. The fourth-order valence-corrected chi connectivity index (χ4v) is 1.89. The fraction of sp³-hybridized carbons (Fsp3) is 0.667. The quantitative estimate of drug-likeness (QED) is 0.441. The molecule has 0 aromatic carbocycles. The highest BCUT2D eigenvalue weighted by atomic mass is 16.4. The van der Waals surface area contributed by atoms with E-state index in [0.717, 1.165) is 12.8 Å². The summed E-state index contributed by atoms with van der Waals surface area (Å²) >= 11 is 0. The summed E-state index contributed by atoms with van der Waals surface area (Å²) in [6, 6.07) is 0. The molecule has 4 atom stereocenters. The van der Waals surface area contributed by atoms with Gasteiger partial charge in [-0.05, 0) is 17.6 Å². The topological polar surface area (TPSA) is 101 Å². The summed E-state index contributed by atoms with van der Waals surface area (Å²) in [7, 11) is 0. The van der Waals surface area contributed by atoms with Gasteiger partial charge in [0.15, 0.2) is 0 Å². The van der Waals surface area contributed by atoms with Crippen molar-refractivity contribution in [2.45, 2.75) is 44.2 Å². The maximum atomic E-state index is 9.79. The summed E-state index contributed by atoms with van der Waals surface area (Å²) in [5.74, 6) is 0. The van der Waals surface area contributed by atoms with E-state index in [1.54, 1.807) is 12.2 Å². The molecule has 1 aliphatic rings. The number of unbranched alkanes of at least 4 members (excludes halogenated alkanes) is 1. The zero-order valence-electron chi connectivity index (χ0n) is 9.82. The molecule has 5 heteroatoms. The number of hydrogen-bond acceptors (Lipinski definition) is 5. The van der Waals surface area contributed by atoms with Gasteiger partial charge in [-0.2, -0.15) is 0 Å². The highest BCUT2D eigenvalue weighted by Gasteiger charge is 2.40. The van der Waals surface area contributed by atoms with Crippen molar-refractivity contribution in [3.63, 3.8) is 0 Å². The summed E-state index contributed by atoms with van der Waals surface area (Å²) < 4.78 is 0. The minimum Gasteiger partial charge on any atom is -0.392 e. The molecule has 98 valence electrons. The van der Waals surface area contributed by atoms with E-state index in [4.69, 9.17) is 5.11 Å². The number of hydrogen-bond donors (Lipinski definition) is 5. The molecule has 0 radical (unpaired) electrons. The third kappa shape index (κ3) is 2.94. The Bertz CT molecular complexity index is 310. The van der Waals surface area contributed by atoms with Crippen molar-refractivity contribution in [1.82, 2.24) is 0 Å². The van der Waals surface area contributed by atoms with Crippen LogP contribution < -0.4 is 0 Å². The molecule has 0 spiro atoms. The average Bonchev–Trinajstić information content (AvgIpc) is 2.33. The summed E-state index contributed by atoms with van der Waals surface area (Å²) in [4.78, 5) is 0. The van der Waals surface area contributed by atoms with Gasteiger partial charge in [0.05, 0.1) is 6.61 Å². The fourth-order valence-electron chi connectivity index (χ4n) is 1.89. The highest BCUT2D eigenvalue weighted by molar-refractivity contribution is 5.37. The monoisotopic (exact) mass is 244 g/mol. The zero-order valence-corrected chi connectivity index (χ0v) is 9.82. The Morgan fingerprint density at radius 3 is 2.18 bits per heavy atom. The Labute approximate surface area is 100 Å². The van der Waals surface area contributed by atoms with Crippen molar-refractivity contribution >= 4 is 0 Å². The van der Waals surface area contributed by atoms with Crippen LogP contribution in [0.2, 0.25) is 0 Å². The van der Waals surface area contributed by atoms with E-state index in [9.17, 15) is 20.4 Å². The lowest BCUT2D eigenvalue weighted by Gasteiger charge is -2.35. The van der Waals surface area contributed by atoms with E-state index < -0.39 is 31.0 Å². The lowest BCUT2D eigenvalue weighted by molar-refractivity contribution is -0.0979. The normalized spacial score (nSPS) is 34.7. The van der Waals surface area contributed by atoms with E-state index in [-0.39, 0.29) is 11.1 Å². The molecule has 0 saturated heterocycles. The van der Waals surface area contributed by atoms with Crippen LogP contribution in [0.5, 0.6) is 0 Å². The van der Waals surface area contributed by atoms with Gasteiger partial charge in [0, 0.05) is 0 Å². The first kappa shape index (κ1) is 14.3. The first-order valence-corrected chi connectivity index (χ1v) is 5.77. The molecule has 0 saturated carbocycles. The van der Waals surface area contributed by atoms with Gasteiger partial charge in [-0.1, -0.05) is 25.5 Å². The SMILES string of the molecule is CCC/C=C/C1=C(CO)[C@@H](O)[C@H](O)[C@@H](O)[C@@H]1O. The minimum absolute atomic E-state index is 0.155. The summed E-state index contributed by atoms with van der Waals surface area (Å²) in [5, 5.41) is 47.6. The number of aliphatic hydroxyl groups excluding tert-OH is 5. The van der Waals surface area contributed by atoms with Crippen LogP contribution in [0.15, 0.2) is 23.3 Å². The second kappa shape index (κ2) is 6.28. The van der Waals surface area contributed by atoms with Crippen LogP contribution in [0, 0.1) is 0 Å². The van der Waals surface area contributed by atoms with E-state index in [1.807, 2.05) is 6.92 Å². The Kier molecular flexibility index (Phi) is 5.30. The van der Waals surface area contributed by atoms with Crippen LogP contribution >= 0.6 is 0 Å². The molecule has 0 heterocycles. The predicted molar refractivity (Wildman–Crippen MR) is 62.2 cm³/mol. The molecular formula is C12H20O5. The third-order valence-corrected chi connectivity index (χ3v) is 2.97. The lowest BCUT2D eigenvalue weighted by Crippen LogP contribution is -2.51. The first-order chi connectivity index (χ1) is 8.04. The maximum Gasteiger partial charge on any atom is 0.113 e. The summed E-state index contributed by atoms with van der Waals surface area (Å²) in [6.07, 6.45) is -0.449. The van der Waals surface area contributed by atoms with Crippen LogP contribution in [-0.4, -0.2) is 56.6 Å². The Morgan fingerprint density at radius 2 is 1.65 bits per heavy atom. The number of allylic oxidation sites excluding steroid dienone is 1. The standard InChI is InChI=1S/C12H20O5/c1-2-3-4-5-7-8(6-13)10(15)12(17)11(16)9(7)14/h4-5,9-17H,2-3,6H2,1H3/b5-4+/t9-,10-,11+,12+/m1/s1. The van der Waals surface area contributed by atoms with Crippen molar-refractivity contribution in [1.29, 1.82) is 0 Å². The van der Waals surface area contributed by atoms with Crippen molar-refractivity contribution in [3.8, 4) is 0 Å². The molecule has 17 heavy (non-hydrogen) atoms. The summed E-state index contributed by atoms with van der Waals surface area (Å²) in [5.41, 5.74) is 0.439. The Hall–Kier alpha value is -0.720. The predicted octanol–water partition coefficient (Wildman–Crippen LogP) is -0.911. The van der Waals surface area contributed by atoms with Crippen molar-refractivity contribution in [2.24, 2.45) is 0 Å². The van der Waals surface area contributed by atoms with E-state index in [2.05, 4.69) is 0 Å². The summed E-state index contributed by atoms with van der Waals surface area (Å²) in [6.45, 7) is 1.53. The van der Waals surface area contributed by atoms with Gasteiger partial charge in [-0.3, -0.25) is 0 Å². The largest absolute Gasteiger partial charge is 0.392 e. The molecule has 0 bridgehead atoms. The zero-order chi connectivity index (χ0) is 13.0. The van der Waals surface area contributed by atoms with Gasteiger partial charge in [-0.25, -0.2) is 0 Å². The van der Waals surface area contributed by atoms with Crippen molar-refractivity contribution < 1.29 is 25.5 Å². The van der Waals surface area contributed by atoms with E-state index in [1.165, 1.54) is 0 Å². The first-order valence-electron chi connectivity index (χ1n) is 5.77. The number of aliphatic hydroxyl groups is 5. The van der Waals surface area contributed by atoms with Crippen LogP contribution in [0.1, 0.15) is 19.8 Å². The number of rotatable bonds is 4. The van der Waals surface area contributed by atoms with Crippen LogP contribution in [0.4, 0.5) is 0 Å². The second-order valence-electron chi connectivity index (χ2n) is 4.20. The van der Waals surface area contributed by atoms with Gasteiger partial charge in [-0.15, -0.1) is 0 Å². The Morgan fingerprint density at radius 1 is 1.06 bits per heavy atom. The van der Waals surface area contributed by atoms with Gasteiger partial charge < -0.3 is 25.5 Å². The van der Waals surface area contributed by atoms with Crippen molar-refractivity contribution in [3.05, 3.63) is 23.3 Å². The van der Waals surface area contributed by atoms with Crippen LogP contribution in [0.3, 0.4) is 0 Å². The van der Waals surface area contributed by atoms with Crippen LogP contribution in [-0.2, 0) is 0 Å². The molecule has 1 aliphatic carbocycles. The van der Waals surface area contributed by atoms with E-state index >= 15 is 0 Å². The Balaban J connectivity index is 3.04. The molecule has 5 nitrogen and oxygen atoms in total. The minimum atomic E-state index is -1.48. The molecule has 0 unspecified atom stereocenters. The highest BCUT2D eigenvalue weighted by Crippen LogP contribution is 2.27. The average molecular weight is 244 g/mol. The molecule has 5 N–H and O–H groups in total. The van der Waals surface area contributed by atoms with Gasteiger partial charge >= 0.3 is 0 Å². The molecule has 0 aliphatic heterocycles. The molecule has 0 fully saturated rings. The van der Waals surface area contributed by atoms with E-state index in [0.29, 0.717) is 0 Å². The maximum absolute atomic E-state index is 9.79.